The van der Waals surface area contributed by atoms with Gasteiger partial charge in [0.1, 0.15) is 5.75 Å². The van der Waals surface area contributed by atoms with Crippen LogP contribution in [0.5, 0.6) is 5.75 Å². The lowest BCUT2D eigenvalue weighted by molar-refractivity contribution is 0.263. The van der Waals surface area contributed by atoms with E-state index >= 15 is 0 Å². The van der Waals surface area contributed by atoms with E-state index in [4.69, 9.17) is 4.74 Å². The first kappa shape index (κ1) is 11.5. The summed E-state index contributed by atoms with van der Waals surface area (Å²) >= 11 is 0. The van der Waals surface area contributed by atoms with E-state index in [9.17, 15) is 0 Å². The van der Waals surface area contributed by atoms with E-state index in [0.29, 0.717) is 6.04 Å². The Labute approximate surface area is 98.0 Å². The molecule has 0 bridgehead atoms. The Hall–Kier alpha value is -1.02. The van der Waals surface area contributed by atoms with Crippen LogP contribution in [0, 0.1) is 5.92 Å². The monoisotopic (exact) mass is 219 g/mol. The van der Waals surface area contributed by atoms with Gasteiger partial charge in [-0.2, -0.15) is 0 Å². The van der Waals surface area contributed by atoms with Gasteiger partial charge >= 0.3 is 0 Å². The molecule has 1 aromatic carbocycles. The Morgan fingerprint density at radius 3 is 2.81 bits per heavy atom. The van der Waals surface area contributed by atoms with Crippen LogP contribution in [0.4, 0.5) is 0 Å². The highest BCUT2D eigenvalue weighted by Crippen LogP contribution is 2.28. The van der Waals surface area contributed by atoms with E-state index in [1.807, 2.05) is 30.3 Å². The van der Waals surface area contributed by atoms with Gasteiger partial charge in [-0.25, -0.2) is 0 Å². The van der Waals surface area contributed by atoms with Crippen LogP contribution in [-0.4, -0.2) is 19.7 Å². The summed E-state index contributed by atoms with van der Waals surface area (Å²) < 4.78 is 5.73. The van der Waals surface area contributed by atoms with E-state index in [2.05, 4.69) is 12.4 Å². The number of hydrogen-bond donors (Lipinski definition) is 1. The Kier molecular flexibility index (Phi) is 4.23. The topological polar surface area (TPSA) is 21.3 Å². The first-order valence-corrected chi connectivity index (χ1v) is 6.25. The highest BCUT2D eigenvalue weighted by Gasteiger charge is 2.25. The first-order valence-electron chi connectivity index (χ1n) is 6.25. The summed E-state index contributed by atoms with van der Waals surface area (Å²) in [4.78, 5) is 0. The van der Waals surface area contributed by atoms with Gasteiger partial charge in [0.15, 0.2) is 0 Å². The lowest BCUT2D eigenvalue weighted by Crippen LogP contribution is -2.29. The maximum Gasteiger partial charge on any atom is 0.119 e. The van der Waals surface area contributed by atoms with Gasteiger partial charge in [0.25, 0.3) is 0 Å². The Bertz CT molecular complexity index is 299. The summed E-state index contributed by atoms with van der Waals surface area (Å²) in [5, 5.41) is 3.41. The van der Waals surface area contributed by atoms with Crippen molar-refractivity contribution in [3.05, 3.63) is 30.3 Å². The van der Waals surface area contributed by atoms with Crippen LogP contribution >= 0.6 is 0 Å². The SMILES string of the molecule is CNC1CCCC1CCOc1ccccc1. The fraction of sp³-hybridized carbons (Fsp3) is 0.571. The molecule has 0 radical (unpaired) electrons. The van der Waals surface area contributed by atoms with Gasteiger partial charge in [0.2, 0.25) is 0 Å². The molecule has 16 heavy (non-hydrogen) atoms. The van der Waals surface area contributed by atoms with E-state index in [-0.39, 0.29) is 0 Å². The Balaban J connectivity index is 1.72. The molecule has 1 aliphatic carbocycles. The van der Waals surface area contributed by atoms with Crippen molar-refractivity contribution in [1.29, 1.82) is 0 Å². The average Bonchev–Trinajstić information content (AvgIpc) is 2.78. The fourth-order valence-electron chi connectivity index (χ4n) is 2.61. The third-order valence-electron chi connectivity index (χ3n) is 3.53. The second-order valence-electron chi connectivity index (χ2n) is 4.54. The molecule has 1 aliphatic rings. The molecule has 0 spiro atoms. The van der Waals surface area contributed by atoms with Crippen LogP contribution in [0.3, 0.4) is 0 Å². The fourth-order valence-corrected chi connectivity index (χ4v) is 2.61. The van der Waals surface area contributed by atoms with Crippen LogP contribution in [0.25, 0.3) is 0 Å². The average molecular weight is 219 g/mol. The molecule has 0 amide bonds. The predicted octanol–water partition coefficient (Wildman–Crippen LogP) is 2.84. The highest BCUT2D eigenvalue weighted by molar-refractivity contribution is 5.20. The first-order chi connectivity index (χ1) is 7.90. The molecule has 2 atom stereocenters. The summed E-state index contributed by atoms with van der Waals surface area (Å²) in [6.07, 6.45) is 5.21. The predicted molar refractivity (Wildman–Crippen MR) is 66.7 cm³/mol. The number of nitrogens with one attached hydrogen (secondary N) is 1. The summed E-state index contributed by atoms with van der Waals surface area (Å²) in [5.41, 5.74) is 0. The van der Waals surface area contributed by atoms with E-state index in [0.717, 1.165) is 18.3 Å². The summed E-state index contributed by atoms with van der Waals surface area (Å²) in [7, 11) is 2.07. The molecule has 1 N–H and O–H groups in total. The van der Waals surface area contributed by atoms with Gasteiger partial charge in [-0.3, -0.25) is 0 Å². The van der Waals surface area contributed by atoms with E-state index in [1.54, 1.807) is 0 Å². The van der Waals surface area contributed by atoms with Crippen molar-refractivity contribution in [1.82, 2.24) is 5.32 Å². The quantitative estimate of drug-likeness (QED) is 0.822. The van der Waals surface area contributed by atoms with Crippen molar-refractivity contribution in [2.75, 3.05) is 13.7 Å². The zero-order valence-corrected chi connectivity index (χ0v) is 9.99. The van der Waals surface area contributed by atoms with Crippen LogP contribution < -0.4 is 10.1 Å². The molecular weight excluding hydrogens is 198 g/mol. The van der Waals surface area contributed by atoms with Crippen molar-refractivity contribution >= 4 is 0 Å². The number of benzene rings is 1. The van der Waals surface area contributed by atoms with Gasteiger partial charge in [0, 0.05) is 6.04 Å². The van der Waals surface area contributed by atoms with E-state index in [1.165, 1.54) is 25.7 Å². The smallest absolute Gasteiger partial charge is 0.119 e. The normalized spacial score (nSPS) is 24.6. The number of para-hydroxylation sites is 1. The zero-order valence-electron chi connectivity index (χ0n) is 9.99. The molecule has 2 rings (SSSR count). The van der Waals surface area contributed by atoms with Gasteiger partial charge in [-0.1, -0.05) is 24.6 Å². The third kappa shape index (κ3) is 2.99. The molecule has 1 saturated carbocycles. The molecule has 2 unspecified atom stereocenters. The maximum atomic E-state index is 5.73. The van der Waals surface area contributed by atoms with E-state index < -0.39 is 0 Å². The lowest BCUT2D eigenvalue weighted by Gasteiger charge is -2.18. The second kappa shape index (κ2) is 5.90. The summed E-state index contributed by atoms with van der Waals surface area (Å²) in [6.45, 7) is 0.840. The van der Waals surface area contributed by atoms with Crippen LogP contribution in [0.1, 0.15) is 25.7 Å². The molecule has 88 valence electrons. The highest BCUT2D eigenvalue weighted by atomic mass is 16.5. The van der Waals surface area contributed by atoms with Crippen LogP contribution in [0.15, 0.2) is 30.3 Å². The molecule has 1 fully saturated rings. The molecule has 0 aliphatic heterocycles. The number of rotatable bonds is 5. The number of hydrogen-bond acceptors (Lipinski definition) is 2. The minimum Gasteiger partial charge on any atom is -0.494 e. The zero-order chi connectivity index (χ0) is 11.2. The van der Waals surface area contributed by atoms with Crippen molar-refractivity contribution < 1.29 is 4.74 Å². The van der Waals surface area contributed by atoms with Gasteiger partial charge in [-0.15, -0.1) is 0 Å². The largest absolute Gasteiger partial charge is 0.494 e. The van der Waals surface area contributed by atoms with Gasteiger partial charge in [-0.05, 0) is 44.4 Å². The van der Waals surface area contributed by atoms with Crippen molar-refractivity contribution in [2.45, 2.75) is 31.7 Å². The van der Waals surface area contributed by atoms with Crippen LogP contribution in [-0.2, 0) is 0 Å². The van der Waals surface area contributed by atoms with Crippen molar-refractivity contribution in [3.63, 3.8) is 0 Å². The number of ether oxygens (including phenoxy) is 1. The van der Waals surface area contributed by atoms with Crippen molar-refractivity contribution in [2.24, 2.45) is 5.92 Å². The van der Waals surface area contributed by atoms with Crippen molar-refractivity contribution in [3.8, 4) is 5.75 Å². The minimum atomic E-state index is 0.708. The summed E-state index contributed by atoms with van der Waals surface area (Å²) in [6, 6.07) is 10.8. The molecule has 0 saturated heterocycles. The second-order valence-corrected chi connectivity index (χ2v) is 4.54. The molecule has 0 aromatic heterocycles. The molecule has 0 heterocycles. The Morgan fingerprint density at radius 2 is 2.06 bits per heavy atom. The van der Waals surface area contributed by atoms with Gasteiger partial charge < -0.3 is 10.1 Å². The van der Waals surface area contributed by atoms with Gasteiger partial charge in [0.05, 0.1) is 6.61 Å². The molecule has 2 heteroatoms. The maximum absolute atomic E-state index is 5.73. The minimum absolute atomic E-state index is 0.708. The van der Waals surface area contributed by atoms with Crippen LogP contribution in [0.2, 0.25) is 0 Å². The lowest BCUT2D eigenvalue weighted by atomic mass is 10.0. The molecule has 2 nitrogen and oxygen atoms in total. The molecule has 1 aromatic rings. The third-order valence-corrected chi connectivity index (χ3v) is 3.53. The standard InChI is InChI=1S/C14H21NO/c1-15-14-9-5-6-12(14)10-11-16-13-7-3-2-4-8-13/h2-4,7-8,12,14-15H,5-6,9-11H2,1H3. The molecular formula is C14H21NO. The Morgan fingerprint density at radius 1 is 1.25 bits per heavy atom. The summed E-state index contributed by atoms with van der Waals surface area (Å²) in [5.74, 6) is 1.79.